The van der Waals surface area contributed by atoms with Crippen molar-refractivity contribution in [2.45, 2.75) is 19.9 Å². The van der Waals surface area contributed by atoms with Crippen molar-refractivity contribution in [3.05, 3.63) is 91.7 Å². The molecule has 0 bridgehead atoms. The zero-order valence-electron chi connectivity index (χ0n) is 14.1. The molecule has 0 atom stereocenters. The normalized spacial score (nSPS) is 10.7. The number of para-hydroxylation sites is 1. The molecular formula is C19H16ClN3O3. The Kier molecular flexibility index (Phi) is 5.14. The van der Waals surface area contributed by atoms with Gasteiger partial charge in [-0.25, -0.2) is 4.79 Å². The summed E-state index contributed by atoms with van der Waals surface area (Å²) >= 11 is 5.85. The number of hydrogen-bond donors (Lipinski definition) is 0. The van der Waals surface area contributed by atoms with Crippen molar-refractivity contribution in [2.24, 2.45) is 0 Å². The van der Waals surface area contributed by atoms with Crippen LogP contribution in [0.25, 0.3) is 5.69 Å². The molecule has 132 valence electrons. The van der Waals surface area contributed by atoms with E-state index in [4.69, 9.17) is 11.6 Å². The second kappa shape index (κ2) is 7.49. The van der Waals surface area contributed by atoms with Crippen molar-refractivity contribution in [1.82, 2.24) is 14.3 Å². The molecule has 0 saturated carbocycles. The molecule has 3 rings (SSSR count). The topological polar surface area (TPSA) is 74.0 Å². The van der Waals surface area contributed by atoms with Crippen LogP contribution >= 0.6 is 11.6 Å². The molecule has 7 heteroatoms. The molecule has 1 heterocycles. The quantitative estimate of drug-likeness (QED) is 0.648. The Labute approximate surface area is 154 Å². The van der Waals surface area contributed by atoms with E-state index >= 15 is 0 Å². The third-order valence-corrected chi connectivity index (χ3v) is 4.08. The minimum atomic E-state index is -0.691. The zero-order chi connectivity index (χ0) is 18.7. The Balaban J connectivity index is 2.23. The molecule has 6 nitrogen and oxygen atoms in total. The van der Waals surface area contributed by atoms with Crippen LogP contribution in [-0.2, 0) is 6.54 Å². The predicted molar refractivity (Wildman–Crippen MR) is 99.3 cm³/mol. The Hall–Kier alpha value is -2.99. The van der Waals surface area contributed by atoms with Gasteiger partial charge in [-0.3, -0.25) is 14.2 Å². The summed E-state index contributed by atoms with van der Waals surface area (Å²) in [7, 11) is 0. The van der Waals surface area contributed by atoms with Gasteiger partial charge in [0, 0.05) is 17.1 Å². The molecule has 1 aromatic heterocycles. The van der Waals surface area contributed by atoms with Crippen LogP contribution in [0, 0.1) is 0 Å². The maximum atomic E-state index is 12.8. The van der Waals surface area contributed by atoms with Gasteiger partial charge in [-0.2, -0.15) is 9.78 Å². The number of hydrogen-bond acceptors (Lipinski definition) is 4. The van der Waals surface area contributed by atoms with Gasteiger partial charge in [0.1, 0.15) is 0 Å². The average molecular weight is 370 g/mol. The van der Waals surface area contributed by atoms with Gasteiger partial charge in [0.25, 0.3) is 5.56 Å². The van der Waals surface area contributed by atoms with Crippen molar-refractivity contribution in [3.8, 4) is 5.69 Å². The van der Waals surface area contributed by atoms with Crippen molar-refractivity contribution in [1.29, 1.82) is 0 Å². The van der Waals surface area contributed by atoms with E-state index in [1.54, 1.807) is 42.5 Å². The zero-order valence-corrected chi connectivity index (χ0v) is 14.8. The van der Waals surface area contributed by atoms with Crippen LogP contribution in [0.15, 0.2) is 64.2 Å². The number of aromatic nitrogens is 3. The van der Waals surface area contributed by atoms with E-state index in [1.807, 2.05) is 6.92 Å². The van der Waals surface area contributed by atoms with E-state index in [2.05, 4.69) is 5.10 Å². The number of nitrogens with zero attached hydrogens (tertiary/aromatic N) is 3. The van der Waals surface area contributed by atoms with Crippen LogP contribution in [0.1, 0.15) is 29.4 Å². The average Bonchev–Trinajstić information content (AvgIpc) is 2.66. The third-order valence-electron chi connectivity index (χ3n) is 3.83. The summed E-state index contributed by atoms with van der Waals surface area (Å²) in [6, 6.07) is 14.8. The lowest BCUT2D eigenvalue weighted by Crippen LogP contribution is -2.44. The standard InChI is InChI=1S/C19H16ClN3O3/c1-2-12-22-18(25)16(17(24)13-8-10-14(20)11-9-13)21-23(19(22)26)15-6-4-3-5-7-15/h3-11H,2,12H2,1H3. The minimum absolute atomic E-state index is 0.202. The highest BCUT2D eigenvalue weighted by atomic mass is 35.5. The van der Waals surface area contributed by atoms with E-state index in [1.165, 1.54) is 12.1 Å². The van der Waals surface area contributed by atoms with Gasteiger partial charge >= 0.3 is 5.69 Å². The van der Waals surface area contributed by atoms with Crippen molar-refractivity contribution >= 4 is 17.4 Å². The van der Waals surface area contributed by atoms with Gasteiger partial charge in [-0.1, -0.05) is 36.7 Å². The first kappa shape index (κ1) is 17.8. The van der Waals surface area contributed by atoms with Gasteiger partial charge in [0.05, 0.1) is 5.69 Å². The highest BCUT2D eigenvalue weighted by molar-refractivity contribution is 6.30. The van der Waals surface area contributed by atoms with E-state index in [0.29, 0.717) is 17.1 Å². The fourth-order valence-corrected chi connectivity index (χ4v) is 2.68. The van der Waals surface area contributed by atoms with Gasteiger partial charge in [-0.05, 0) is 42.8 Å². The van der Waals surface area contributed by atoms with E-state index in [9.17, 15) is 14.4 Å². The minimum Gasteiger partial charge on any atom is -0.287 e. The first-order valence-corrected chi connectivity index (χ1v) is 8.50. The van der Waals surface area contributed by atoms with Crippen LogP contribution < -0.4 is 11.2 Å². The summed E-state index contributed by atoms with van der Waals surface area (Å²) in [6.07, 6.45) is 0.572. The van der Waals surface area contributed by atoms with Gasteiger partial charge in [0.15, 0.2) is 5.69 Å². The molecule has 0 saturated heterocycles. The summed E-state index contributed by atoms with van der Waals surface area (Å²) in [5.41, 5.74) is -0.809. The number of carbonyl (C=O) groups is 1. The summed E-state index contributed by atoms with van der Waals surface area (Å²) in [5.74, 6) is -0.554. The molecule has 0 fully saturated rings. The number of halogens is 1. The predicted octanol–water partition coefficient (Wildman–Crippen LogP) is 2.69. The second-order valence-corrected chi connectivity index (χ2v) is 6.11. The third kappa shape index (κ3) is 3.36. The molecule has 0 radical (unpaired) electrons. The molecule has 3 aromatic rings. The number of rotatable bonds is 5. The van der Waals surface area contributed by atoms with Crippen molar-refractivity contribution in [3.63, 3.8) is 0 Å². The lowest BCUT2D eigenvalue weighted by Gasteiger charge is -2.11. The fraction of sp³-hybridized carbons (Fsp3) is 0.158. The highest BCUT2D eigenvalue weighted by Crippen LogP contribution is 2.12. The number of ketones is 1. The largest absolute Gasteiger partial charge is 0.352 e. The molecule has 0 amide bonds. The summed E-state index contributed by atoms with van der Waals surface area (Å²) in [6.45, 7) is 2.05. The van der Waals surface area contributed by atoms with E-state index in [-0.39, 0.29) is 17.8 Å². The molecule has 0 spiro atoms. The first-order valence-electron chi connectivity index (χ1n) is 8.12. The molecule has 0 aliphatic heterocycles. The van der Waals surface area contributed by atoms with Crippen LogP contribution in [0.4, 0.5) is 0 Å². The lowest BCUT2D eigenvalue weighted by atomic mass is 10.1. The molecule has 26 heavy (non-hydrogen) atoms. The summed E-state index contributed by atoms with van der Waals surface area (Å²) < 4.78 is 2.13. The smallest absolute Gasteiger partial charge is 0.287 e. The maximum Gasteiger partial charge on any atom is 0.352 e. The Morgan fingerprint density at radius 3 is 2.31 bits per heavy atom. The monoisotopic (exact) mass is 369 g/mol. The SMILES string of the molecule is CCCn1c(=O)c(C(=O)c2ccc(Cl)cc2)nn(-c2ccccc2)c1=O. The summed E-state index contributed by atoms with van der Waals surface area (Å²) in [4.78, 5) is 38.2. The van der Waals surface area contributed by atoms with Crippen molar-refractivity contribution in [2.75, 3.05) is 0 Å². The molecule has 2 aromatic carbocycles. The van der Waals surface area contributed by atoms with Crippen LogP contribution in [0.2, 0.25) is 5.02 Å². The van der Waals surface area contributed by atoms with Crippen LogP contribution in [-0.4, -0.2) is 20.1 Å². The van der Waals surface area contributed by atoms with Crippen LogP contribution in [0.3, 0.4) is 0 Å². The Bertz CT molecular complexity index is 1050. The molecule has 0 aliphatic carbocycles. The van der Waals surface area contributed by atoms with Gasteiger partial charge in [-0.15, -0.1) is 0 Å². The Morgan fingerprint density at radius 2 is 1.69 bits per heavy atom. The molecular weight excluding hydrogens is 354 g/mol. The highest BCUT2D eigenvalue weighted by Gasteiger charge is 2.21. The van der Waals surface area contributed by atoms with Crippen LogP contribution in [0.5, 0.6) is 0 Å². The number of carbonyl (C=O) groups excluding carboxylic acids is 1. The van der Waals surface area contributed by atoms with Gasteiger partial charge in [0.2, 0.25) is 5.78 Å². The second-order valence-electron chi connectivity index (χ2n) is 5.67. The maximum absolute atomic E-state index is 12.8. The molecule has 0 N–H and O–H groups in total. The first-order chi connectivity index (χ1) is 12.5. The molecule has 0 aliphatic rings. The molecule has 0 unspecified atom stereocenters. The lowest BCUT2D eigenvalue weighted by molar-refractivity contribution is 0.102. The Morgan fingerprint density at radius 1 is 1.04 bits per heavy atom. The fourth-order valence-electron chi connectivity index (χ4n) is 2.55. The van der Waals surface area contributed by atoms with E-state index < -0.39 is 17.0 Å². The van der Waals surface area contributed by atoms with Gasteiger partial charge < -0.3 is 0 Å². The number of benzene rings is 2. The summed E-state index contributed by atoms with van der Waals surface area (Å²) in [5, 5.41) is 4.55. The van der Waals surface area contributed by atoms with E-state index in [0.717, 1.165) is 9.25 Å². The van der Waals surface area contributed by atoms with Crippen molar-refractivity contribution < 1.29 is 4.79 Å².